The van der Waals surface area contributed by atoms with Crippen molar-refractivity contribution in [1.29, 1.82) is 0 Å². The number of anilines is 1. The Bertz CT molecular complexity index is 6100. The molecule has 1 aliphatic heterocycles. The summed E-state index contributed by atoms with van der Waals surface area (Å²) in [4.78, 5) is 135. The Hall–Kier alpha value is -13.8. The Morgan fingerprint density at radius 3 is 2.03 bits per heavy atom. The molecule has 4 atom stereocenters. The lowest BCUT2D eigenvalue weighted by molar-refractivity contribution is -0.926. The van der Waals surface area contributed by atoms with E-state index in [1.165, 1.54) is 34.7 Å². The van der Waals surface area contributed by atoms with E-state index in [4.69, 9.17) is 74.9 Å². The second-order valence-electron chi connectivity index (χ2n) is 36.5. The molecule has 1 saturated heterocycles. The van der Waals surface area contributed by atoms with E-state index in [0.717, 1.165) is 27.8 Å². The Kier molecular flexibility index (Phi) is 33.6. The fraction of sp³-hybridized carbons (Fsp3) is 0.365. The van der Waals surface area contributed by atoms with E-state index in [2.05, 4.69) is 43.5 Å². The molecular weight excluding hydrogens is 1790 g/mol. The van der Waals surface area contributed by atoms with E-state index < -0.39 is 95.0 Å². The number of amides is 7. The minimum absolute atomic E-state index is 0.0288. The van der Waals surface area contributed by atoms with Gasteiger partial charge >= 0.3 is 30.2 Å². The van der Waals surface area contributed by atoms with Crippen LogP contribution < -0.4 is 56.0 Å². The van der Waals surface area contributed by atoms with Crippen molar-refractivity contribution in [3.63, 3.8) is 0 Å². The molecule has 137 heavy (non-hydrogen) atoms. The van der Waals surface area contributed by atoms with Gasteiger partial charge in [-0.2, -0.15) is 0 Å². The van der Waals surface area contributed by atoms with Gasteiger partial charge in [-0.1, -0.05) is 141 Å². The van der Waals surface area contributed by atoms with Gasteiger partial charge in [0.2, 0.25) is 29.7 Å². The number of halogens is 2. The fourth-order valence-electron chi connectivity index (χ4n) is 16.6. The van der Waals surface area contributed by atoms with E-state index in [9.17, 15) is 38.0 Å². The Labute approximate surface area is 805 Å². The van der Waals surface area contributed by atoms with Crippen LogP contribution in [0.4, 0.5) is 24.5 Å². The zero-order valence-corrected chi connectivity index (χ0v) is 80.8. The number of piperazine rings is 1. The second-order valence-corrected chi connectivity index (χ2v) is 37.9. The number of carbonyl (C=O) groups excluding carboxylic acids is 8. The minimum Gasteiger partial charge on any atom is -0.497 e. The molecule has 2 aliphatic rings. The summed E-state index contributed by atoms with van der Waals surface area (Å²) in [7, 11) is 6.90. The topological polar surface area (TPSA) is 364 Å². The monoisotopic (exact) mass is 1910 g/mol. The highest BCUT2D eigenvalue weighted by atomic mass is 35.5. The largest absolute Gasteiger partial charge is 0.497 e. The maximum Gasteiger partial charge on any atom is 0.408 e. The first-order valence-corrected chi connectivity index (χ1v) is 46.7. The van der Waals surface area contributed by atoms with Crippen LogP contribution >= 0.6 is 22.9 Å². The van der Waals surface area contributed by atoms with E-state index >= 15 is 4.79 Å². The molecule has 13 rings (SSSR count). The molecular formula is C104H118ClFN13O17S+. The molecule has 720 valence electrons. The number of hydrogen-bond donors (Lipinski definition) is 6. The van der Waals surface area contributed by atoms with Crippen LogP contribution in [0.5, 0.6) is 28.9 Å². The number of ether oxygens (including phenoxy) is 9. The maximum absolute atomic E-state index is 15.2. The number of benzene rings is 8. The number of nitrogens with two attached hydrogens (primary N) is 1. The molecule has 0 radical (unpaired) electrons. The van der Waals surface area contributed by atoms with Crippen LogP contribution in [-0.2, 0) is 75.6 Å². The van der Waals surface area contributed by atoms with Gasteiger partial charge in [0.25, 0.3) is 0 Å². The summed E-state index contributed by atoms with van der Waals surface area (Å²) >= 11 is 8.82. The van der Waals surface area contributed by atoms with Gasteiger partial charge in [-0.25, -0.2) is 43.5 Å². The summed E-state index contributed by atoms with van der Waals surface area (Å²) in [5, 5.41) is 14.6. The standard InChI is InChI=1S/C104H117ClFN13O17S/c1-63(2)91(116-102(127)136-104(7,8)9)95(122)114-81(29-22-47-109-100(107)125)94(121)113-71-39-36-68(69(55-71)57-117(10)98(123)82(43-45-87(120)135-103(4,5)6)115-101(126)133-61-80-77-26-17-15-24-75(77)76-25-16-18-27-78(76)80)58-119(11)52-49-118(50-53-119)51-54-130-85-44-42-74(64(3)90(85)105)88-89-96(110-62-111-97(89)137-92(88)66-34-37-70(106)38-35-66)134-86(99(124)132-59-65-32-40-73(128-12)41-33-65)56-67-23-14-20-30-83(67)131-60-72-46-48-108-93(112-72)79-28-19-21-31-84(79)129-13/h14-21,23-28,30-42,44,46,48,55,62-63,80-82,86,91H,22,29,43,45,47,49-54,56-61H2,1-13H3,(H6-,107,109,113,114,115,116,121,122,125,126,127)/p+1/t81-,82-,86+,91-/m0/s1. The van der Waals surface area contributed by atoms with Crippen LogP contribution in [0.1, 0.15) is 132 Å². The molecule has 7 N–H and O–H groups in total. The molecule has 4 heterocycles. The van der Waals surface area contributed by atoms with Crippen molar-refractivity contribution in [2.24, 2.45) is 11.7 Å². The number of likely N-dealkylation sites (N-methyl/N-ethyl adjacent to an activating group) is 2. The van der Waals surface area contributed by atoms with Crippen molar-refractivity contribution >= 4 is 86.7 Å². The van der Waals surface area contributed by atoms with Crippen LogP contribution in [0, 0.1) is 18.7 Å². The number of primary amides is 1. The molecule has 1 aliphatic carbocycles. The lowest BCUT2D eigenvalue weighted by atomic mass is 9.96. The number of esters is 2. The van der Waals surface area contributed by atoms with Crippen molar-refractivity contribution in [3.8, 4) is 73.0 Å². The van der Waals surface area contributed by atoms with Crippen molar-refractivity contribution in [3.05, 3.63) is 250 Å². The number of carbonyl (C=O) groups is 8. The van der Waals surface area contributed by atoms with Crippen LogP contribution in [-0.4, -0.2) is 198 Å². The molecule has 30 nitrogen and oxygen atoms in total. The van der Waals surface area contributed by atoms with Crippen molar-refractivity contribution < 1.29 is 89.9 Å². The van der Waals surface area contributed by atoms with Gasteiger partial charge in [0.1, 0.15) is 102 Å². The van der Waals surface area contributed by atoms with Gasteiger partial charge < -0.3 is 84.3 Å². The maximum atomic E-state index is 15.2. The summed E-state index contributed by atoms with van der Waals surface area (Å²) in [5.74, 6) is -1.65. The summed E-state index contributed by atoms with van der Waals surface area (Å²) in [6.07, 6.45) is -0.192. The molecule has 0 saturated carbocycles. The number of hydrogen-bond acceptors (Lipinski definition) is 23. The molecule has 11 aromatic rings. The Morgan fingerprint density at radius 2 is 1.35 bits per heavy atom. The summed E-state index contributed by atoms with van der Waals surface area (Å²) in [6.45, 7) is 19.4. The summed E-state index contributed by atoms with van der Waals surface area (Å²) in [6, 6.07) is 50.4. The van der Waals surface area contributed by atoms with Gasteiger partial charge in [-0.3, -0.25) is 24.1 Å². The average Bonchev–Trinajstić information content (AvgIpc) is 1.60. The first-order valence-electron chi connectivity index (χ1n) is 45.6. The first-order chi connectivity index (χ1) is 65.6. The number of nitrogens with zero attached hydrogens (tertiary/aromatic N) is 7. The number of urea groups is 1. The van der Waals surface area contributed by atoms with Gasteiger partial charge in [0, 0.05) is 86.4 Å². The van der Waals surface area contributed by atoms with Crippen LogP contribution in [0.3, 0.4) is 0 Å². The number of aromatic nitrogens is 4. The van der Waals surface area contributed by atoms with E-state index in [1.54, 1.807) is 150 Å². The lowest BCUT2D eigenvalue weighted by Gasteiger charge is -2.42. The average molecular weight is 1910 g/mol. The van der Waals surface area contributed by atoms with Gasteiger partial charge in [-0.15, -0.1) is 11.3 Å². The lowest BCUT2D eigenvalue weighted by Crippen LogP contribution is -2.57. The van der Waals surface area contributed by atoms with Crippen molar-refractivity contribution in [1.82, 2.24) is 51.0 Å². The molecule has 7 amide bonds. The third kappa shape index (κ3) is 26.9. The third-order valence-corrected chi connectivity index (χ3v) is 25.3. The number of thiophene rings is 1. The van der Waals surface area contributed by atoms with Gasteiger partial charge in [-0.05, 0) is 196 Å². The molecule has 0 bridgehead atoms. The zero-order chi connectivity index (χ0) is 97.8. The first kappa shape index (κ1) is 101. The predicted octanol–water partition coefficient (Wildman–Crippen LogP) is 16.7. The summed E-state index contributed by atoms with van der Waals surface area (Å²) in [5.41, 5.74) is 14.7. The normalized spacial score (nSPS) is 13.8. The minimum atomic E-state index is -1.33. The Morgan fingerprint density at radius 1 is 0.672 bits per heavy atom. The van der Waals surface area contributed by atoms with E-state index in [1.807, 2.05) is 110 Å². The number of nitrogens with one attached hydrogen (secondary N) is 5. The van der Waals surface area contributed by atoms with Crippen LogP contribution in [0.15, 0.2) is 195 Å². The fourth-order valence-corrected chi connectivity index (χ4v) is 18.0. The smallest absolute Gasteiger partial charge is 0.408 e. The number of fused-ring (bicyclic) bond motifs is 4. The van der Waals surface area contributed by atoms with Gasteiger partial charge in [0.15, 0.2) is 5.82 Å². The molecule has 1 fully saturated rings. The predicted molar refractivity (Wildman–Crippen MR) is 521 cm³/mol. The second kappa shape index (κ2) is 45.7. The number of alkyl carbamates (subject to hydrolysis) is 2. The van der Waals surface area contributed by atoms with Gasteiger partial charge in [0.05, 0.1) is 56.0 Å². The number of para-hydroxylation sites is 2. The summed E-state index contributed by atoms with van der Waals surface area (Å²) < 4.78 is 69.8. The quantitative estimate of drug-likeness (QED) is 0.00899. The highest BCUT2D eigenvalue weighted by molar-refractivity contribution is 7.22. The highest BCUT2D eigenvalue weighted by Crippen LogP contribution is 2.51. The van der Waals surface area contributed by atoms with Crippen LogP contribution in [0.2, 0.25) is 5.02 Å². The van der Waals surface area contributed by atoms with Crippen molar-refractivity contribution in [2.75, 3.05) is 86.1 Å². The molecule has 3 aromatic heterocycles. The zero-order valence-electron chi connectivity index (χ0n) is 79.3. The molecule has 8 aromatic carbocycles. The van der Waals surface area contributed by atoms with Crippen molar-refractivity contribution in [2.45, 2.75) is 162 Å². The Balaban J connectivity index is 0.736. The van der Waals surface area contributed by atoms with E-state index in [-0.39, 0.29) is 83.4 Å². The highest BCUT2D eigenvalue weighted by Gasteiger charge is 2.38. The molecule has 0 spiro atoms. The number of quaternary nitrogens is 1. The van der Waals surface area contributed by atoms with E-state index in [0.29, 0.717) is 149 Å². The molecule has 0 unspecified atom stereocenters. The van der Waals surface area contributed by atoms with Crippen LogP contribution in [0.25, 0.3) is 54.3 Å². The SMILES string of the molecule is COc1ccc(COC(=O)[C@@H](Cc2ccccc2OCc2ccnc(-c3ccccc3OC)n2)Oc2ncnc3sc(-c4ccc(F)cc4)c(-c4ccc(OCCN5CC[N+](C)(Cc6ccc(NC(=O)[C@H](CCCNC(N)=O)NC(=O)[C@@H](NC(=O)OC(C)(C)C)C(C)C)cc6CN(C)C(=O)[C@H](CCC(=O)OC(C)(C)C)NC(=O)OCC6c7ccccc7-c7ccccc76)CC5)c(Cl)c4C)c23)cc1. The third-order valence-electron chi connectivity index (χ3n) is 23.7. The molecule has 33 heteroatoms. The number of methoxy groups -OCH3 is 2. The number of rotatable bonds is 40.